The second-order valence-corrected chi connectivity index (χ2v) is 3.79. The Bertz CT molecular complexity index is 288. The molecule has 1 fully saturated rings. The van der Waals surface area contributed by atoms with E-state index < -0.39 is 0 Å². The van der Waals surface area contributed by atoms with Crippen molar-refractivity contribution in [3.63, 3.8) is 0 Å². The van der Waals surface area contributed by atoms with Crippen molar-refractivity contribution in [2.45, 2.75) is 25.3 Å². The van der Waals surface area contributed by atoms with Gasteiger partial charge in [-0.25, -0.2) is 4.98 Å². The maximum atomic E-state index is 4.38. The first-order valence-electron chi connectivity index (χ1n) is 4.70. The highest BCUT2D eigenvalue weighted by molar-refractivity contribution is 5.21. The molecule has 2 heterocycles. The summed E-state index contributed by atoms with van der Waals surface area (Å²) in [4.78, 5) is 7.60. The van der Waals surface area contributed by atoms with Crippen molar-refractivity contribution in [3.8, 4) is 0 Å². The van der Waals surface area contributed by atoms with E-state index in [9.17, 15) is 0 Å². The summed E-state index contributed by atoms with van der Waals surface area (Å²) in [6.07, 6.45) is 5.69. The first-order chi connectivity index (χ1) is 5.95. The van der Waals surface area contributed by atoms with Crippen molar-refractivity contribution >= 4 is 0 Å². The Labute approximate surface area is 71.6 Å². The van der Waals surface area contributed by atoms with E-state index in [-0.39, 0.29) is 0 Å². The molecule has 12 heavy (non-hydrogen) atoms. The van der Waals surface area contributed by atoms with Crippen LogP contribution in [0.5, 0.6) is 0 Å². The number of hydrogen-bond donors (Lipinski definition) is 2. The Kier molecular flexibility index (Phi) is 1.29. The molecule has 1 aliphatic heterocycles. The minimum Gasteiger partial charge on any atom is -0.348 e. The first kappa shape index (κ1) is 6.66. The van der Waals surface area contributed by atoms with Gasteiger partial charge in [0.05, 0.1) is 18.1 Å². The zero-order valence-corrected chi connectivity index (χ0v) is 7.01. The van der Waals surface area contributed by atoms with Gasteiger partial charge in [-0.15, -0.1) is 0 Å². The Morgan fingerprint density at radius 2 is 2.33 bits per heavy atom. The van der Waals surface area contributed by atoms with Crippen molar-refractivity contribution < 1.29 is 0 Å². The monoisotopic (exact) mass is 163 g/mol. The summed E-state index contributed by atoms with van der Waals surface area (Å²) in [5, 5.41) is 3.54. The summed E-state index contributed by atoms with van der Waals surface area (Å²) in [6, 6.07) is 0.556. The van der Waals surface area contributed by atoms with Crippen LogP contribution in [0.25, 0.3) is 0 Å². The summed E-state index contributed by atoms with van der Waals surface area (Å²) in [7, 11) is 0. The van der Waals surface area contributed by atoms with Gasteiger partial charge in [0.25, 0.3) is 0 Å². The molecule has 0 spiro atoms. The van der Waals surface area contributed by atoms with E-state index in [1.54, 1.807) is 0 Å². The highest BCUT2D eigenvalue weighted by atomic mass is 15.0. The van der Waals surface area contributed by atoms with Crippen LogP contribution >= 0.6 is 0 Å². The third-order valence-electron chi connectivity index (χ3n) is 2.88. The maximum Gasteiger partial charge on any atom is 0.0925 e. The molecule has 0 bridgehead atoms. The van der Waals surface area contributed by atoms with E-state index in [0.29, 0.717) is 6.04 Å². The fourth-order valence-corrected chi connectivity index (χ4v) is 2.07. The van der Waals surface area contributed by atoms with Crippen molar-refractivity contribution in [2.24, 2.45) is 5.92 Å². The Balaban J connectivity index is 1.97. The van der Waals surface area contributed by atoms with Gasteiger partial charge in [0, 0.05) is 18.7 Å². The SMILES string of the molecule is c1nc2c([nH]1)CCNC2C1CC1. The molecule has 0 amide bonds. The van der Waals surface area contributed by atoms with Crippen molar-refractivity contribution in [1.29, 1.82) is 0 Å². The zero-order chi connectivity index (χ0) is 7.97. The molecule has 1 unspecified atom stereocenters. The molecule has 0 saturated heterocycles. The average molecular weight is 163 g/mol. The fourth-order valence-electron chi connectivity index (χ4n) is 2.07. The van der Waals surface area contributed by atoms with Gasteiger partial charge < -0.3 is 10.3 Å². The molecule has 3 heteroatoms. The molecular formula is C9H13N3. The molecule has 1 aromatic rings. The van der Waals surface area contributed by atoms with Crippen LogP contribution in [0.1, 0.15) is 30.3 Å². The van der Waals surface area contributed by atoms with Gasteiger partial charge in [0.15, 0.2) is 0 Å². The van der Waals surface area contributed by atoms with Crippen LogP contribution in [-0.4, -0.2) is 16.5 Å². The molecule has 3 rings (SSSR count). The number of rotatable bonds is 1. The van der Waals surface area contributed by atoms with Gasteiger partial charge in [-0.3, -0.25) is 0 Å². The Morgan fingerprint density at radius 1 is 1.42 bits per heavy atom. The van der Waals surface area contributed by atoms with Crippen LogP contribution in [0, 0.1) is 5.92 Å². The van der Waals surface area contributed by atoms with Gasteiger partial charge in [-0.05, 0) is 18.8 Å². The standard InChI is InChI=1S/C9H13N3/c1-2-6(1)8-9-7(3-4-10-8)11-5-12-9/h5-6,8,10H,1-4H2,(H,11,12). The molecule has 1 saturated carbocycles. The number of imidazole rings is 1. The van der Waals surface area contributed by atoms with Crippen molar-refractivity contribution in [2.75, 3.05) is 6.54 Å². The van der Waals surface area contributed by atoms with Crippen LogP contribution in [0.4, 0.5) is 0 Å². The van der Waals surface area contributed by atoms with Crippen LogP contribution in [0.15, 0.2) is 6.33 Å². The van der Waals surface area contributed by atoms with E-state index in [2.05, 4.69) is 15.3 Å². The summed E-state index contributed by atoms with van der Waals surface area (Å²) < 4.78 is 0. The normalized spacial score (nSPS) is 28.5. The largest absolute Gasteiger partial charge is 0.348 e. The van der Waals surface area contributed by atoms with Crippen LogP contribution in [-0.2, 0) is 6.42 Å². The second kappa shape index (κ2) is 2.33. The van der Waals surface area contributed by atoms with Gasteiger partial charge in [0.1, 0.15) is 0 Å². The third kappa shape index (κ3) is 0.894. The Morgan fingerprint density at radius 3 is 3.17 bits per heavy atom. The highest BCUT2D eigenvalue weighted by Crippen LogP contribution is 2.42. The summed E-state index contributed by atoms with van der Waals surface area (Å²) in [5.41, 5.74) is 2.63. The van der Waals surface area contributed by atoms with Gasteiger partial charge in [-0.1, -0.05) is 0 Å². The Hall–Kier alpha value is -0.830. The molecular weight excluding hydrogens is 150 g/mol. The summed E-state index contributed by atoms with van der Waals surface area (Å²) >= 11 is 0. The van der Waals surface area contributed by atoms with Gasteiger partial charge >= 0.3 is 0 Å². The van der Waals surface area contributed by atoms with E-state index in [0.717, 1.165) is 18.9 Å². The zero-order valence-electron chi connectivity index (χ0n) is 7.01. The lowest BCUT2D eigenvalue weighted by molar-refractivity contribution is 0.447. The van der Waals surface area contributed by atoms with E-state index in [1.165, 1.54) is 24.2 Å². The molecule has 1 aliphatic carbocycles. The molecule has 0 aromatic carbocycles. The smallest absolute Gasteiger partial charge is 0.0925 e. The van der Waals surface area contributed by atoms with Gasteiger partial charge in [-0.2, -0.15) is 0 Å². The first-order valence-corrected chi connectivity index (χ1v) is 4.70. The molecule has 64 valence electrons. The lowest BCUT2D eigenvalue weighted by atomic mass is 10.0. The molecule has 2 aliphatic rings. The fraction of sp³-hybridized carbons (Fsp3) is 0.667. The predicted molar refractivity (Wildman–Crippen MR) is 45.8 cm³/mol. The van der Waals surface area contributed by atoms with Crippen molar-refractivity contribution in [1.82, 2.24) is 15.3 Å². The molecule has 1 atom stereocenters. The minimum absolute atomic E-state index is 0.556. The highest BCUT2D eigenvalue weighted by Gasteiger charge is 2.36. The molecule has 1 aromatic heterocycles. The van der Waals surface area contributed by atoms with E-state index in [1.807, 2.05) is 6.33 Å². The molecule has 3 nitrogen and oxygen atoms in total. The van der Waals surface area contributed by atoms with E-state index >= 15 is 0 Å². The van der Waals surface area contributed by atoms with Gasteiger partial charge in [0.2, 0.25) is 0 Å². The van der Waals surface area contributed by atoms with E-state index in [4.69, 9.17) is 0 Å². The third-order valence-corrected chi connectivity index (χ3v) is 2.88. The second-order valence-electron chi connectivity index (χ2n) is 3.79. The maximum absolute atomic E-state index is 4.38. The summed E-state index contributed by atoms with van der Waals surface area (Å²) in [6.45, 7) is 1.11. The number of H-pyrrole nitrogens is 1. The predicted octanol–water partition coefficient (Wildman–Crippen LogP) is 1.01. The number of nitrogens with one attached hydrogen (secondary N) is 2. The lowest BCUT2D eigenvalue weighted by Crippen LogP contribution is -2.31. The number of nitrogens with zero attached hydrogens (tertiary/aromatic N) is 1. The topological polar surface area (TPSA) is 40.7 Å². The minimum atomic E-state index is 0.556. The number of hydrogen-bond acceptors (Lipinski definition) is 2. The van der Waals surface area contributed by atoms with Crippen LogP contribution in [0.2, 0.25) is 0 Å². The lowest BCUT2D eigenvalue weighted by Gasteiger charge is -2.22. The quantitative estimate of drug-likeness (QED) is 0.648. The number of aromatic amines is 1. The molecule has 2 N–H and O–H groups in total. The van der Waals surface area contributed by atoms with Crippen LogP contribution < -0.4 is 5.32 Å². The molecule has 0 radical (unpaired) electrons. The van der Waals surface area contributed by atoms with Crippen molar-refractivity contribution in [3.05, 3.63) is 17.7 Å². The van der Waals surface area contributed by atoms with Crippen LogP contribution in [0.3, 0.4) is 0 Å². The number of fused-ring (bicyclic) bond motifs is 1. The number of aromatic nitrogens is 2. The summed E-state index contributed by atoms with van der Waals surface area (Å²) in [5.74, 6) is 0.868. The average Bonchev–Trinajstić information content (AvgIpc) is 2.82.